The lowest BCUT2D eigenvalue weighted by Crippen LogP contribution is -2.36. The van der Waals surface area contributed by atoms with Crippen LogP contribution in [0.2, 0.25) is 0 Å². The van der Waals surface area contributed by atoms with Gasteiger partial charge in [-0.3, -0.25) is 0 Å². The minimum absolute atomic E-state index is 0. The van der Waals surface area contributed by atoms with E-state index >= 15 is 0 Å². The number of aromatic nitrogens is 1. The highest BCUT2D eigenvalue weighted by Crippen LogP contribution is 2.21. The van der Waals surface area contributed by atoms with Gasteiger partial charge in [-0.1, -0.05) is 12.1 Å². The minimum atomic E-state index is 0. The van der Waals surface area contributed by atoms with Gasteiger partial charge in [0, 0.05) is 23.2 Å². The third-order valence-electron chi connectivity index (χ3n) is 3.37. The van der Waals surface area contributed by atoms with Crippen LogP contribution in [0.4, 0.5) is 0 Å². The summed E-state index contributed by atoms with van der Waals surface area (Å²) >= 11 is 1.70. The van der Waals surface area contributed by atoms with E-state index in [1.165, 1.54) is 10.4 Å². The number of aliphatic imine (C=N–C) groups is 1. The first kappa shape index (κ1) is 21.7. The largest absolute Gasteiger partial charge is 0.494 e. The van der Waals surface area contributed by atoms with Crippen LogP contribution >= 0.6 is 35.3 Å². The summed E-state index contributed by atoms with van der Waals surface area (Å²) in [5, 5.41) is 7.71. The lowest BCUT2D eigenvalue weighted by molar-refractivity contribution is 0.336. The molecule has 0 aliphatic rings. The van der Waals surface area contributed by atoms with Crippen LogP contribution in [-0.2, 0) is 13.1 Å². The number of hydrogen-bond acceptors (Lipinski definition) is 4. The second kappa shape index (κ2) is 11.3. The number of thiazole rings is 1. The monoisotopic (exact) mass is 474 g/mol. The molecule has 2 N–H and O–H groups in total. The summed E-state index contributed by atoms with van der Waals surface area (Å²) in [7, 11) is 0. The van der Waals surface area contributed by atoms with Crippen molar-refractivity contribution in [2.75, 3.05) is 13.2 Å². The van der Waals surface area contributed by atoms with Gasteiger partial charge >= 0.3 is 0 Å². The average molecular weight is 474 g/mol. The predicted molar refractivity (Wildman–Crippen MR) is 116 cm³/mol. The zero-order chi connectivity index (χ0) is 17.4. The van der Waals surface area contributed by atoms with E-state index in [0.29, 0.717) is 13.2 Å². The molecule has 0 unspecified atom stereocenters. The third kappa shape index (κ3) is 7.19. The lowest BCUT2D eigenvalue weighted by atomic mass is 10.1. The number of ether oxygens (including phenoxy) is 1. The fourth-order valence-corrected chi connectivity index (χ4v) is 2.98. The van der Waals surface area contributed by atoms with Gasteiger partial charge in [-0.25, -0.2) is 9.98 Å². The van der Waals surface area contributed by atoms with Gasteiger partial charge in [0.05, 0.1) is 24.7 Å². The molecule has 0 saturated heterocycles. The molecule has 0 amide bonds. The van der Waals surface area contributed by atoms with E-state index in [0.717, 1.165) is 35.4 Å². The SMILES string of the molecule is CCNC(=NCc1ccc(C)cc1OCC)NCc1cnc(C)s1.I. The van der Waals surface area contributed by atoms with Gasteiger partial charge in [0.15, 0.2) is 5.96 Å². The zero-order valence-electron chi connectivity index (χ0n) is 15.3. The van der Waals surface area contributed by atoms with Crippen LogP contribution in [0.1, 0.15) is 34.9 Å². The Labute approximate surface area is 171 Å². The van der Waals surface area contributed by atoms with Crippen molar-refractivity contribution in [1.82, 2.24) is 15.6 Å². The highest BCUT2D eigenvalue weighted by atomic mass is 127. The van der Waals surface area contributed by atoms with Crippen molar-refractivity contribution in [1.29, 1.82) is 0 Å². The van der Waals surface area contributed by atoms with Crippen molar-refractivity contribution in [3.05, 3.63) is 45.4 Å². The predicted octanol–water partition coefficient (Wildman–Crippen LogP) is 4.03. The third-order valence-corrected chi connectivity index (χ3v) is 4.29. The second-order valence-electron chi connectivity index (χ2n) is 5.44. The number of hydrogen-bond donors (Lipinski definition) is 2. The Morgan fingerprint density at radius 2 is 2.04 bits per heavy atom. The van der Waals surface area contributed by atoms with Gasteiger partial charge in [0.1, 0.15) is 5.75 Å². The molecule has 5 nitrogen and oxygen atoms in total. The molecule has 0 aliphatic carbocycles. The molecule has 0 aliphatic heterocycles. The topological polar surface area (TPSA) is 58.5 Å². The average Bonchev–Trinajstić information content (AvgIpc) is 2.97. The van der Waals surface area contributed by atoms with E-state index in [1.807, 2.05) is 20.0 Å². The summed E-state index contributed by atoms with van der Waals surface area (Å²) in [6.07, 6.45) is 1.91. The zero-order valence-corrected chi connectivity index (χ0v) is 18.4. The maximum Gasteiger partial charge on any atom is 0.191 e. The summed E-state index contributed by atoms with van der Waals surface area (Å²) in [6.45, 7) is 10.9. The lowest BCUT2D eigenvalue weighted by Gasteiger charge is -2.12. The molecule has 0 saturated carbocycles. The number of benzene rings is 1. The van der Waals surface area contributed by atoms with Crippen molar-refractivity contribution in [3.63, 3.8) is 0 Å². The van der Waals surface area contributed by atoms with Crippen molar-refractivity contribution >= 4 is 41.3 Å². The molecule has 0 fully saturated rings. The van der Waals surface area contributed by atoms with Crippen LogP contribution in [0, 0.1) is 13.8 Å². The van der Waals surface area contributed by atoms with E-state index in [2.05, 4.69) is 52.7 Å². The Hall–Kier alpha value is -1.35. The molecule has 0 spiro atoms. The Morgan fingerprint density at radius 1 is 1.24 bits per heavy atom. The van der Waals surface area contributed by atoms with Gasteiger partial charge in [-0.15, -0.1) is 35.3 Å². The van der Waals surface area contributed by atoms with Crippen LogP contribution < -0.4 is 15.4 Å². The van der Waals surface area contributed by atoms with Crippen LogP contribution in [0.25, 0.3) is 0 Å². The fraction of sp³-hybridized carbons (Fsp3) is 0.444. The number of guanidine groups is 1. The van der Waals surface area contributed by atoms with E-state index in [1.54, 1.807) is 11.3 Å². The van der Waals surface area contributed by atoms with Crippen molar-refractivity contribution < 1.29 is 4.74 Å². The molecule has 7 heteroatoms. The van der Waals surface area contributed by atoms with Gasteiger partial charge < -0.3 is 15.4 Å². The first-order valence-corrected chi connectivity index (χ1v) is 9.09. The second-order valence-corrected chi connectivity index (χ2v) is 6.76. The number of halogens is 1. The van der Waals surface area contributed by atoms with E-state index in [-0.39, 0.29) is 24.0 Å². The summed E-state index contributed by atoms with van der Waals surface area (Å²) in [5.74, 6) is 1.71. The number of rotatable bonds is 7. The summed E-state index contributed by atoms with van der Waals surface area (Å²) < 4.78 is 5.73. The van der Waals surface area contributed by atoms with Gasteiger partial charge in [-0.2, -0.15) is 0 Å². The van der Waals surface area contributed by atoms with Crippen LogP contribution in [-0.4, -0.2) is 24.1 Å². The van der Waals surface area contributed by atoms with Gasteiger partial charge in [0.25, 0.3) is 0 Å². The molecule has 2 rings (SSSR count). The molecule has 0 bridgehead atoms. The molecule has 138 valence electrons. The van der Waals surface area contributed by atoms with Gasteiger partial charge in [-0.05, 0) is 39.3 Å². The normalized spacial score (nSPS) is 11.0. The molecular formula is C18H27IN4OS. The molecule has 0 atom stereocenters. The quantitative estimate of drug-likeness (QED) is 0.362. The molecule has 1 aromatic carbocycles. The Bertz CT molecular complexity index is 687. The van der Waals surface area contributed by atoms with Crippen LogP contribution in [0.5, 0.6) is 5.75 Å². The van der Waals surface area contributed by atoms with Gasteiger partial charge in [0.2, 0.25) is 0 Å². The standard InChI is InChI=1S/C18H26N4OS.HI/c1-5-19-18(22-12-16-11-20-14(4)24-16)21-10-15-8-7-13(3)9-17(15)23-6-2;/h7-9,11H,5-6,10,12H2,1-4H3,(H2,19,21,22);1H. The van der Waals surface area contributed by atoms with Crippen molar-refractivity contribution in [2.45, 2.75) is 40.8 Å². The van der Waals surface area contributed by atoms with E-state index in [4.69, 9.17) is 4.74 Å². The Kier molecular flexibility index (Phi) is 9.81. The van der Waals surface area contributed by atoms with Crippen LogP contribution in [0.3, 0.4) is 0 Å². The molecule has 0 radical (unpaired) electrons. The number of nitrogens with one attached hydrogen (secondary N) is 2. The van der Waals surface area contributed by atoms with Crippen LogP contribution in [0.15, 0.2) is 29.4 Å². The highest BCUT2D eigenvalue weighted by molar-refractivity contribution is 14.0. The van der Waals surface area contributed by atoms with E-state index < -0.39 is 0 Å². The number of aryl methyl sites for hydroxylation is 2. The Balaban J connectivity index is 0.00000312. The molecular weight excluding hydrogens is 447 g/mol. The molecule has 25 heavy (non-hydrogen) atoms. The Morgan fingerprint density at radius 3 is 2.68 bits per heavy atom. The minimum Gasteiger partial charge on any atom is -0.494 e. The summed E-state index contributed by atoms with van der Waals surface area (Å²) in [5.41, 5.74) is 2.28. The summed E-state index contributed by atoms with van der Waals surface area (Å²) in [4.78, 5) is 10.2. The maximum absolute atomic E-state index is 5.73. The fourth-order valence-electron chi connectivity index (χ4n) is 2.25. The highest BCUT2D eigenvalue weighted by Gasteiger charge is 2.05. The first-order valence-electron chi connectivity index (χ1n) is 8.28. The molecule has 1 aromatic heterocycles. The van der Waals surface area contributed by atoms with Crippen molar-refractivity contribution in [3.8, 4) is 5.75 Å². The molecule has 2 aromatic rings. The van der Waals surface area contributed by atoms with E-state index in [9.17, 15) is 0 Å². The molecule has 1 heterocycles. The maximum atomic E-state index is 5.73. The first-order chi connectivity index (χ1) is 11.6. The smallest absolute Gasteiger partial charge is 0.191 e. The summed E-state index contributed by atoms with van der Waals surface area (Å²) in [6, 6.07) is 6.24. The van der Waals surface area contributed by atoms with Crippen molar-refractivity contribution in [2.24, 2.45) is 4.99 Å². The number of nitrogens with zero attached hydrogens (tertiary/aromatic N) is 2.